The summed E-state index contributed by atoms with van der Waals surface area (Å²) in [6.45, 7) is 2.27. The quantitative estimate of drug-likeness (QED) is 0.614. The Morgan fingerprint density at radius 2 is 1.93 bits per heavy atom. The van der Waals surface area contributed by atoms with E-state index < -0.39 is 21.5 Å². The van der Waals surface area contributed by atoms with Crippen LogP contribution in [0.5, 0.6) is 5.75 Å². The van der Waals surface area contributed by atoms with E-state index in [4.69, 9.17) is 10.00 Å². The van der Waals surface area contributed by atoms with Gasteiger partial charge in [0.15, 0.2) is 9.84 Å². The maximum absolute atomic E-state index is 12.1. The van der Waals surface area contributed by atoms with E-state index in [0.29, 0.717) is 23.4 Å². The molecular weight excluding hydrogens is 376 g/mol. The molecule has 6 nitrogen and oxygen atoms in total. The van der Waals surface area contributed by atoms with E-state index in [1.54, 1.807) is 42.5 Å². The van der Waals surface area contributed by atoms with Crippen molar-refractivity contribution < 1.29 is 17.9 Å². The fourth-order valence-electron chi connectivity index (χ4n) is 2.60. The van der Waals surface area contributed by atoms with Crippen LogP contribution in [0.4, 0.5) is 5.69 Å². The van der Waals surface area contributed by atoms with E-state index in [1.807, 2.05) is 13.0 Å². The molecule has 148 valence electrons. The summed E-state index contributed by atoms with van der Waals surface area (Å²) in [6.07, 6.45) is 2.33. The number of rotatable bonds is 10. The molecule has 0 aliphatic rings. The van der Waals surface area contributed by atoms with Gasteiger partial charge in [-0.2, -0.15) is 5.26 Å². The van der Waals surface area contributed by atoms with E-state index in [0.717, 1.165) is 18.4 Å². The second-order valence-corrected chi connectivity index (χ2v) is 8.66. The Morgan fingerprint density at radius 3 is 2.68 bits per heavy atom. The van der Waals surface area contributed by atoms with Crippen molar-refractivity contribution in [1.29, 1.82) is 5.26 Å². The lowest BCUT2D eigenvalue weighted by molar-refractivity contribution is -0.113. The van der Waals surface area contributed by atoms with Gasteiger partial charge >= 0.3 is 0 Å². The van der Waals surface area contributed by atoms with Crippen molar-refractivity contribution >= 4 is 21.4 Å². The normalized spacial score (nSPS) is 10.9. The molecule has 0 spiro atoms. The molecule has 0 atom stereocenters. The Labute approximate surface area is 166 Å². The Hall–Kier alpha value is -2.85. The minimum Gasteiger partial charge on any atom is -0.489 e. The highest BCUT2D eigenvalue weighted by Crippen LogP contribution is 2.19. The van der Waals surface area contributed by atoms with Crippen LogP contribution in [0, 0.1) is 11.3 Å². The van der Waals surface area contributed by atoms with Crippen molar-refractivity contribution in [2.75, 3.05) is 16.8 Å². The van der Waals surface area contributed by atoms with Crippen molar-refractivity contribution in [2.24, 2.45) is 0 Å². The van der Waals surface area contributed by atoms with Crippen LogP contribution in [0.25, 0.3) is 0 Å². The molecule has 0 saturated carbocycles. The molecule has 0 unspecified atom stereocenters. The van der Waals surface area contributed by atoms with Gasteiger partial charge in [0, 0.05) is 11.8 Å². The topological polar surface area (TPSA) is 96.3 Å². The monoisotopic (exact) mass is 400 g/mol. The van der Waals surface area contributed by atoms with Crippen LogP contribution >= 0.6 is 0 Å². The van der Waals surface area contributed by atoms with Gasteiger partial charge in [0.25, 0.3) is 0 Å². The number of carbonyl (C=O) groups is 1. The van der Waals surface area contributed by atoms with E-state index in [-0.39, 0.29) is 12.4 Å². The fourth-order valence-corrected chi connectivity index (χ4v) is 3.86. The SMILES string of the molecule is CCCCCS(=O)(=O)CC(=O)Nc1cccc(OCc2cccc(C#N)c2)c1. The number of sulfone groups is 1. The van der Waals surface area contributed by atoms with Gasteiger partial charge in [0.2, 0.25) is 5.91 Å². The lowest BCUT2D eigenvalue weighted by Crippen LogP contribution is -2.24. The molecule has 2 rings (SSSR count). The molecule has 0 heterocycles. The lowest BCUT2D eigenvalue weighted by Gasteiger charge is -2.10. The highest BCUT2D eigenvalue weighted by atomic mass is 32.2. The summed E-state index contributed by atoms with van der Waals surface area (Å²) in [5.74, 6) is -0.525. The Kier molecular flexibility index (Phi) is 8.02. The molecule has 0 bridgehead atoms. The summed E-state index contributed by atoms with van der Waals surface area (Å²) in [7, 11) is -3.41. The largest absolute Gasteiger partial charge is 0.489 e. The first-order valence-corrected chi connectivity index (χ1v) is 11.0. The molecule has 0 fully saturated rings. The van der Waals surface area contributed by atoms with Gasteiger partial charge in [-0.1, -0.05) is 38.0 Å². The first kappa shape index (κ1) is 21.5. The summed E-state index contributed by atoms with van der Waals surface area (Å²) in [4.78, 5) is 12.1. The third-order valence-electron chi connectivity index (χ3n) is 3.99. The predicted octanol–water partition coefficient (Wildman–Crippen LogP) is 3.68. The van der Waals surface area contributed by atoms with Crippen molar-refractivity contribution in [3.05, 3.63) is 59.7 Å². The molecule has 2 aromatic carbocycles. The maximum atomic E-state index is 12.1. The predicted molar refractivity (Wildman–Crippen MR) is 109 cm³/mol. The number of nitriles is 1. The van der Waals surface area contributed by atoms with Crippen LogP contribution in [0.15, 0.2) is 48.5 Å². The Balaban J connectivity index is 1.91. The number of benzene rings is 2. The van der Waals surface area contributed by atoms with E-state index >= 15 is 0 Å². The Bertz CT molecular complexity index is 949. The van der Waals surface area contributed by atoms with Gasteiger partial charge < -0.3 is 10.1 Å². The standard InChI is InChI=1S/C21H24N2O4S/c1-2-3-4-11-28(25,26)16-21(24)23-19-9-6-10-20(13-19)27-15-18-8-5-7-17(12-18)14-22/h5-10,12-13H,2-4,11,15-16H2,1H3,(H,23,24). The summed E-state index contributed by atoms with van der Waals surface area (Å²) in [5.41, 5.74) is 1.88. The van der Waals surface area contributed by atoms with E-state index in [1.165, 1.54) is 0 Å². The summed E-state index contributed by atoms with van der Waals surface area (Å²) in [5, 5.41) is 11.5. The van der Waals surface area contributed by atoms with Crippen molar-refractivity contribution in [3.8, 4) is 11.8 Å². The first-order chi connectivity index (χ1) is 13.4. The average molecular weight is 401 g/mol. The van der Waals surface area contributed by atoms with Crippen LogP contribution in [-0.2, 0) is 21.2 Å². The maximum Gasteiger partial charge on any atom is 0.239 e. The summed E-state index contributed by atoms with van der Waals surface area (Å²) < 4.78 is 29.7. The lowest BCUT2D eigenvalue weighted by atomic mass is 10.1. The number of anilines is 1. The second kappa shape index (κ2) is 10.5. The summed E-state index contributed by atoms with van der Waals surface area (Å²) in [6, 6.07) is 15.9. The molecule has 0 aliphatic carbocycles. The van der Waals surface area contributed by atoms with Crippen LogP contribution < -0.4 is 10.1 Å². The van der Waals surface area contributed by atoms with Crippen molar-refractivity contribution in [3.63, 3.8) is 0 Å². The van der Waals surface area contributed by atoms with Crippen molar-refractivity contribution in [2.45, 2.75) is 32.8 Å². The highest BCUT2D eigenvalue weighted by Gasteiger charge is 2.16. The van der Waals surface area contributed by atoms with Crippen LogP contribution in [0.1, 0.15) is 37.3 Å². The van der Waals surface area contributed by atoms with Crippen LogP contribution in [0.3, 0.4) is 0 Å². The van der Waals surface area contributed by atoms with Crippen LogP contribution in [-0.4, -0.2) is 25.8 Å². The number of nitrogens with zero attached hydrogens (tertiary/aromatic N) is 1. The fraction of sp³-hybridized carbons (Fsp3) is 0.333. The Morgan fingerprint density at radius 1 is 1.14 bits per heavy atom. The third kappa shape index (κ3) is 7.41. The van der Waals surface area contributed by atoms with Gasteiger partial charge in [-0.15, -0.1) is 0 Å². The number of amides is 1. The number of hydrogen-bond donors (Lipinski definition) is 1. The number of carbonyl (C=O) groups excluding carboxylic acids is 1. The van der Waals surface area contributed by atoms with Gasteiger partial charge in [0.05, 0.1) is 17.4 Å². The molecule has 0 radical (unpaired) electrons. The zero-order valence-corrected chi connectivity index (χ0v) is 16.7. The van der Waals surface area contributed by atoms with Crippen LogP contribution in [0.2, 0.25) is 0 Å². The van der Waals surface area contributed by atoms with E-state index in [2.05, 4.69) is 11.4 Å². The van der Waals surface area contributed by atoms with Gasteiger partial charge in [-0.05, 0) is 36.2 Å². The molecular formula is C21H24N2O4S. The van der Waals surface area contributed by atoms with Crippen molar-refractivity contribution in [1.82, 2.24) is 0 Å². The molecule has 0 aliphatic heterocycles. The number of nitrogens with one attached hydrogen (secondary N) is 1. The smallest absolute Gasteiger partial charge is 0.239 e. The van der Waals surface area contributed by atoms with Gasteiger partial charge in [-0.25, -0.2) is 8.42 Å². The third-order valence-corrected chi connectivity index (χ3v) is 5.60. The average Bonchev–Trinajstić information content (AvgIpc) is 2.66. The zero-order valence-electron chi connectivity index (χ0n) is 15.8. The molecule has 0 saturated heterocycles. The second-order valence-electron chi connectivity index (χ2n) is 6.48. The number of hydrogen-bond acceptors (Lipinski definition) is 5. The minimum atomic E-state index is -3.41. The highest BCUT2D eigenvalue weighted by molar-refractivity contribution is 7.92. The molecule has 7 heteroatoms. The summed E-state index contributed by atoms with van der Waals surface area (Å²) >= 11 is 0. The number of ether oxygens (including phenoxy) is 1. The van der Waals surface area contributed by atoms with E-state index in [9.17, 15) is 13.2 Å². The van der Waals surface area contributed by atoms with Gasteiger partial charge in [-0.3, -0.25) is 4.79 Å². The molecule has 2 aromatic rings. The zero-order chi connectivity index (χ0) is 20.4. The molecule has 0 aromatic heterocycles. The first-order valence-electron chi connectivity index (χ1n) is 9.14. The van der Waals surface area contributed by atoms with Gasteiger partial charge in [0.1, 0.15) is 18.1 Å². The number of unbranched alkanes of at least 4 members (excludes halogenated alkanes) is 2. The molecule has 28 heavy (non-hydrogen) atoms. The minimum absolute atomic E-state index is 0.0270. The molecule has 1 N–H and O–H groups in total. The molecule has 1 amide bonds.